The third kappa shape index (κ3) is 3.70. The Morgan fingerprint density at radius 2 is 1.91 bits per heavy atom. The van der Waals surface area contributed by atoms with E-state index in [1.54, 1.807) is 19.1 Å². The average molecular weight is 339 g/mol. The summed E-state index contributed by atoms with van der Waals surface area (Å²) in [7, 11) is -2.24. The Balaban J connectivity index is 2.22. The summed E-state index contributed by atoms with van der Waals surface area (Å²) in [6.45, 7) is 2.06. The van der Waals surface area contributed by atoms with Crippen molar-refractivity contribution in [2.24, 2.45) is 0 Å². The summed E-state index contributed by atoms with van der Waals surface area (Å²) in [6, 6.07) is 5.32. The van der Waals surface area contributed by atoms with Gasteiger partial charge in [0.2, 0.25) is 21.8 Å². The summed E-state index contributed by atoms with van der Waals surface area (Å²) in [5.41, 5.74) is 0.542. The van der Waals surface area contributed by atoms with E-state index in [2.05, 4.69) is 10.6 Å². The van der Waals surface area contributed by atoms with E-state index in [0.717, 1.165) is 0 Å². The first-order chi connectivity index (χ1) is 10.9. The molecule has 1 saturated heterocycles. The molecule has 1 aliphatic rings. The van der Waals surface area contributed by atoms with Crippen LogP contribution in [0.2, 0.25) is 0 Å². The number of carbonyl (C=O) groups excluding carboxylic acids is 2. The van der Waals surface area contributed by atoms with Gasteiger partial charge in [-0.25, -0.2) is 8.42 Å². The van der Waals surface area contributed by atoms with E-state index in [9.17, 15) is 18.0 Å². The van der Waals surface area contributed by atoms with Crippen molar-refractivity contribution in [3.63, 3.8) is 0 Å². The third-order valence-electron chi connectivity index (χ3n) is 3.82. The van der Waals surface area contributed by atoms with Crippen molar-refractivity contribution in [3.05, 3.63) is 24.3 Å². The van der Waals surface area contributed by atoms with Crippen LogP contribution in [0.15, 0.2) is 29.2 Å². The Bertz CT molecular complexity index is 685. The summed E-state index contributed by atoms with van der Waals surface area (Å²) >= 11 is 0. The smallest absolute Gasteiger partial charge is 0.243 e. The molecule has 23 heavy (non-hydrogen) atoms. The molecule has 2 amide bonds. The standard InChI is InChI=1S/C15H21N3O4S/c1-3-14(19)17-11-6-8-12(9-7-11)23(21,22)18-10-4-5-13(18)15(20)16-2/h6-9,13H,3-5,10H2,1-2H3,(H,16,20)(H,17,19)/t13-/m1/s1. The molecule has 7 nitrogen and oxygen atoms in total. The van der Waals surface area contributed by atoms with Crippen molar-refractivity contribution in [1.29, 1.82) is 0 Å². The number of carbonyl (C=O) groups is 2. The van der Waals surface area contributed by atoms with Crippen LogP contribution in [0, 0.1) is 0 Å². The van der Waals surface area contributed by atoms with E-state index in [1.807, 2.05) is 0 Å². The number of anilines is 1. The van der Waals surface area contributed by atoms with Crippen molar-refractivity contribution >= 4 is 27.5 Å². The van der Waals surface area contributed by atoms with Gasteiger partial charge in [-0.1, -0.05) is 6.92 Å². The van der Waals surface area contributed by atoms with Gasteiger partial charge in [-0.2, -0.15) is 4.31 Å². The van der Waals surface area contributed by atoms with Gasteiger partial charge in [0.15, 0.2) is 0 Å². The molecule has 2 rings (SSSR count). The van der Waals surface area contributed by atoms with Crippen LogP contribution in [-0.4, -0.2) is 44.2 Å². The van der Waals surface area contributed by atoms with Gasteiger partial charge in [0.1, 0.15) is 6.04 Å². The maximum atomic E-state index is 12.7. The predicted molar refractivity (Wildman–Crippen MR) is 86.3 cm³/mol. The Kier molecular flexibility index (Phi) is 5.38. The minimum Gasteiger partial charge on any atom is -0.358 e. The summed E-state index contributed by atoms with van der Waals surface area (Å²) < 4.78 is 26.7. The van der Waals surface area contributed by atoms with Crippen molar-refractivity contribution < 1.29 is 18.0 Å². The molecule has 0 aromatic heterocycles. The molecule has 8 heteroatoms. The molecule has 0 spiro atoms. The SMILES string of the molecule is CCC(=O)Nc1ccc(S(=O)(=O)N2CCC[C@@H]2C(=O)NC)cc1. The number of nitrogens with one attached hydrogen (secondary N) is 2. The van der Waals surface area contributed by atoms with Crippen LogP contribution in [0.25, 0.3) is 0 Å². The Labute approximate surface area is 136 Å². The normalized spacial score (nSPS) is 18.6. The fourth-order valence-corrected chi connectivity index (χ4v) is 4.21. The van der Waals surface area contributed by atoms with Crippen LogP contribution in [0.5, 0.6) is 0 Å². The van der Waals surface area contributed by atoms with E-state index in [4.69, 9.17) is 0 Å². The lowest BCUT2D eigenvalue weighted by Gasteiger charge is -2.22. The summed E-state index contributed by atoms with van der Waals surface area (Å²) in [6.07, 6.45) is 1.52. The molecule has 0 saturated carbocycles. The maximum Gasteiger partial charge on any atom is 0.243 e. The maximum absolute atomic E-state index is 12.7. The van der Waals surface area contributed by atoms with E-state index >= 15 is 0 Å². The second-order valence-corrected chi connectivity index (χ2v) is 7.20. The number of benzene rings is 1. The van der Waals surface area contributed by atoms with Crippen molar-refractivity contribution in [3.8, 4) is 0 Å². The fourth-order valence-electron chi connectivity index (χ4n) is 2.55. The number of nitrogens with zero attached hydrogens (tertiary/aromatic N) is 1. The largest absolute Gasteiger partial charge is 0.358 e. The number of sulfonamides is 1. The van der Waals surface area contributed by atoms with Crippen LogP contribution in [0.4, 0.5) is 5.69 Å². The summed E-state index contributed by atoms with van der Waals surface area (Å²) in [5.74, 6) is -0.433. The van der Waals surface area contributed by atoms with Crippen molar-refractivity contribution in [1.82, 2.24) is 9.62 Å². The first kappa shape index (κ1) is 17.4. The van der Waals surface area contributed by atoms with E-state index in [-0.39, 0.29) is 16.7 Å². The Hall–Kier alpha value is -1.93. The molecule has 1 heterocycles. The number of hydrogen-bond acceptors (Lipinski definition) is 4. The monoisotopic (exact) mass is 339 g/mol. The predicted octanol–water partition coefficient (Wildman–Crippen LogP) is 0.934. The number of likely N-dealkylation sites (N-methyl/N-ethyl adjacent to an activating group) is 1. The van der Waals surface area contributed by atoms with E-state index in [1.165, 1.54) is 23.5 Å². The zero-order valence-electron chi connectivity index (χ0n) is 13.2. The topological polar surface area (TPSA) is 95.6 Å². The average Bonchev–Trinajstić information content (AvgIpc) is 3.05. The van der Waals surface area contributed by atoms with Crippen molar-refractivity contribution in [2.75, 3.05) is 18.9 Å². The van der Waals surface area contributed by atoms with Crippen LogP contribution < -0.4 is 10.6 Å². The molecular formula is C15H21N3O4S. The molecule has 1 aromatic carbocycles. The van der Waals surface area contributed by atoms with Gasteiger partial charge in [0.25, 0.3) is 0 Å². The fraction of sp³-hybridized carbons (Fsp3) is 0.467. The van der Waals surface area contributed by atoms with Gasteiger partial charge in [-0.05, 0) is 37.1 Å². The lowest BCUT2D eigenvalue weighted by atomic mass is 10.2. The highest BCUT2D eigenvalue weighted by Gasteiger charge is 2.38. The molecule has 0 radical (unpaired) electrons. The molecular weight excluding hydrogens is 318 g/mol. The highest BCUT2D eigenvalue weighted by Crippen LogP contribution is 2.27. The van der Waals surface area contributed by atoms with Crippen molar-refractivity contribution in [2.45, 2.75) is 37.1 Å². The first-order valence-corrected chi connectivity index (χ1v) is 8.97. The van der Waals surface area contributed by atoms with Gasteiger partial charge in [-0.3, -0.25) is 9.59 Å². The zero-order chi connectivity index (χ0) is 17.0. The van der Waals surface area contributed by atoms with Gasteiger partial charge < -0.3 is 10.6 Å². The molecule has 0 bridgehead atoms. The van der Waals surface area contributed by atoms with Crippen LogP contribution in [0.1, 0.15) is 26.2 Å². The molecule has 1 aromatic rings. The second kappa shape index (κ2) is 7.10. The zero-order valence-corrected chi connectivity index (χ0v) is 14.0. The quantitative estimate of drug-likeness (QED) is 0.834. The molecule has 1 atom stereocenters. The third-order valence-corrected chi connectivity index (χ3v) is 5.74. The van der Waals surface area contributed by atoms with E-state index in [0.29, 0.717) is 31.5 Å². The summed E-state index contributed by atoms with van der Waals surface area (Å²) in [4.78, 5) is 23.3. The van der Waals surface area contributed by atoms with Crippen LogP contribution >= 0.6 is 0 Å². The summed E-state index contributed by atoms with van der Waals surface area (Å²) in [5, 5.41) is 5.17. The van der Waals surface area contributed by atoms with Gasteiger partial charge in [0, 0.05) is 25.7 Å². The van der Waals surface area contributed by atoms with Crippen LogP contribution in [0.3, 0.4) is 0 Å². The minimum atomic E-state index is -3.73. The molecule has 126 valence electrons. The number of hydrogen-bond donors (Lipinski definition) is 2. The highest BCUT2D eigenvalue weighted by atomic mass is 32.2. The van der Waals surface area contributed by atoms with Crippen LogP contribution in [-0.2, 0) is 19.6 Å². The molecule has 2 N–H and O–H groups in total. The van der Waals surface area contributed by atoms with Gasteiger partial charge >= 0.3 is 0 Å². The number of amides is 2. The number of rotatable bonds is 5. The Morgan fingerprint density at radius 3 is 2.48 bits per heavy atom. The first-order valence-electron chi connectivity index (χ1n) is 7.53. The highest BCUT2D eigenvalue weighted by molar-refractivity contribution is 7.89. The van der Waals surface area contributed by atoms with Gasteiger partial charge in [0.05, 0.1) is 4.90 Å². The van der Waals surface area contributed by atoms with E-state index < -0.39 is 16.1 Å². The molecule has 0 unspecified atom stereocenters. The lowest BCUT2D eigenvalue weighted by molar-refractivity contribution is -0.123. The minimum absolute atomic E-state index is 0.114. The lowest BCUT2D eigenvalue weighted by Crippen LogP contribution is -2.44. The molecule has 1 fully saturated rings. The second-order valence-electron chi connectivity index (χ2n) is 5.31. The Morgan fingerprint density at radius 1 is 1.26 bits per heavy atom. The molecule has 0 aliphatic carbocycles. The molecule has 1 aliphatic heterocycles. The van der Waals surface area contributed by atoms with Gasteiger partial charge in [-0.15, -0.1) is 0 Å².